The van der Waals surface area contributed by atoms with Crippen LogP contribution in [-0.2, 0) is 10.2 Å². The van der Waals surface area contributed by atoms with Crippen LogP contribution < -0.4 is 0 Å². The lowest BCUT2D eigenvalue weighted by Crippen LogP contribution is -2.47. The summed E-state index contributed by atoms with van der Waals surface area (Å²) in [6.45, 7) is 1.68. The Morgan fingerprint density at radius 3 is 2.30 bits per heavy atom. The van der Waals surface area contributed by atoms with Gasteiger partial charge in [0.2, 0.25) is 5.91 Å². The molecule has 2 aliphatic rings. The van der Waals surface area contributed by atoms with Gasteiger partial charge >= 0.3 is 0 Å². The van der Waals surface area contributed by atoms with Gasteiger partial charge in [0, 0.05) is 18.7 Å². The Kier molecular flexibility index (Phi) is 3.77. The van der Waals surface area contributed by atoms with Gasteiger partial charge in [-0.3, -0.25) is 4.79 Å². The summed E-state index contributed by atoms with van der Waals surface area (Å²) in [4.78, 5) is 15.0. The number of carbonyl (C=O) groups is 1. The SMILES string of the molecule is O=C(N1CCCCC1)C1(c2ccccc2F)CCCC1. The Balaban J connectivity index is 1.95. The minimum atomic E-state index is -0.595. The minimum Gasteiger partial charge on any atom is -0.342 e. The van der Waals surface area contributed by atoms with Crippen molar-refractivity contribution in [1.29, 1.82) is 0 Å². The van der Waals surface area contributed by atoms with E-state index in [1.165, 1.54) is 12.5 Å². The first-order valence-corrected chi connectivity index (χ1v) is 7.78. The highest BCUT2D eigenvalue weighted by Crippen LogP contribution is 2.43. The van der Waals surface area contributed by atoms with Crippen molar-refractivity contribution in [2.45, 2.75) is 50.4 Å². The first kappa shape index (κ1) is 13.6. The van der Waals surface area contributed by atoms with Crippen molar-refractivity contribution >= 4 is 5.91 Å². The van der Waals surface area contributed by atoms with Gasteiger partial charge in [0.15, 0.2) is 0 Å². The van der Waals surface area contributed by atoms with Crippen LogP contribution in [-0.4, -0.2) is 23.9 Å². The quantitative estimate of drug-likeness (QED) is 0.806. The van der Waals surface area contributed by atoms with Gasteiger partial charge < -0.3 is 4.90 Å². The van der Waals surface area contributed by atoms with E-state index in [4.69, 9.17) is 0 Å². The third-order valence-electron chi connectivity index (χ3n) is 4.90. The lowest BCUT2D eigenvalue weighted by Gasteiger charge is -2.37. The van der Waals surface area contributed by atoms with Gasteiger partial charge in [-0.25, -0.2) is 4.39 Å². The minimum absolute atomic E-state index is 0.166. The summed E-state index contributed by atoms with van der Waals surface area (Å²) in [6.07, 6.45) is 7.00. The summed E-state index contributed by atoms with van der Waals surface area (Å²) < 4.78 is 14.2. The molecule has 0 spiro atoms. The van der Waals surface area contributed by atoms with Crippen LogP contribution in [0.1, 0.15) is 50.5 Å². The smallest absolute Gasteiger partial charge is 0.233 e. The Morgan fingerprint density at radius 1 is 1.00 bits per heavy atom. The lowest BCUT2D eigenvalue weighted by atomic mass is 9.77. The zero-order chi connectivity index (χ0) is 14.0. The van der Waals surface area contributed by atoms with Gasteiger partial charge in [-0.05, 0) is 38.2 Å². The van der Waals surface area contributed by atoms with Crippen LogP contribution in [0.5, 0.6) is 0 Å². The van der Waals surface area contributed by atoms with Gasteiger partial charge in [0.1, 0.15) is 5.82 Å². The van der Waals surface area contributed by atoms with Gasteiger partial charge in [-0.2, -0.15) is 0 Å². The number of piperidine rings is 1. The number of benzene rings is 1. The first-order chi connectivity index (χ1) is 9.74. The fourth-order valence-corrected chi connectivity index (χ4v) is 3.83. The lowest BCUT2D eigenvalue weighted by molar-refractivity contribution is -0.138. The number of hydrogen-bond donors (Lipinski definition) is 0. The second-order valence-electron chi connectivity index (χ2n) is 6.12. The molecule has 0 radical (unpaired) electrons. The number of hydrogen-bond acceptors (Lipinski definition) is 1. The molecule has 20 heavy (non-hydrogen) atoms. The Morgan fingerprint density at radius 2 is 1.65 bits per heavy atom. The number of carbonyl (C=O) groups excluding carboxylic acids is 1. The van der Waals surface area contributed by atoms with E-state index in [1.54, 1.807) is 6.07 Å². The van der Waals surface area contributed by atoms with E-state index in [9.17, 15) is 9.18 Å². The third-order valence-corrected chi connectivity index (χ3v) is 4.90. The Labute approximate surface area is 120 Å². The van der Waals surface area contributed by atoms with E-state index >= 15 is 0 Å². The largest absolute Gasteiger partial charge is 0.342 e. The van der Waals surface area contributed by atoms with E-state index in [2.05, 4.69) is 0 Å². The van der Waals surface area contributed by atoms with Crippen molar-refractivity contribution in [1.82, 2.24) is 4.90 Å². The van der Waals surface area contributed by atoms with Crippen molar-refractivity contribution in [3.05, 3.63) is 35.6 Å². The number of amides is 1. The zero-order valence-electron chi connectivity index (χ0n) is 11.9. The van der Waals surface area contributed by atoms with Crippen LogP contribution in [0.2, 0.25) is 0 Å². The molecule has 1 aromatic rings. The van der Waals surface area contributed by atoms with Crippen molar-refractivity contribution in [3.63, 3.8) is 0 Å². The maximum atomic E-state index is 14.2. The number of likely N-dealkylation sites (tertiary alicyclic amines) is 1. The molecule has 0 aromatic heterocycles. The molecule has 2 fully saturated rings. The molecular formula is C17H22FNO. The van der Waals surface area contributed by atoms with E-state index in [-0.39, 0.29) is 11.7 Å². The van der Waals surface area contributed by atoms with Crippen LogP contribution in [0.3, 0.4) is 0 Å². The van der Waals surface area contributed by atoms with Gasteiger partial charge in [0.25, 0.3) is 0 Å². The molecule has 1 aliphatic heterocycles. The molecule has 0 N–H and O–H groups in total. The predicted molar refractivity (Wildman–Crippen MR) is 77.0 cm³/mol. The van der Waals surface area contributed by atoms with Crippen molar-refractivity contribution in [2.24, 2.45) is 0 Å². The van der Waals surface area contributed by atoms with Crippen LogP contribution >= 0.6 is 0 Å². The molecule has 1 saturated carbocycles. The maximum absolute atomic E-state index is 14.2. The summed E-state index contributed by atoms with van der Waals surface area (Å²) in [5.74, 6) is -0.0560. The average molecular weight is 275 g/mol. The highest BCUT2D eigenvalue weighted by Gasteiger charge is 2.46. The van der Waals surface area contributed by atoms with Crippen LogP contribution in [0, 0.1) is 5.82 Å². The average Bonchev–Trinajstić information content (AvgIpc) is 2.98. The number of nitrogens with zero attached hydrogens (tertiary/aromatic N) is 1. The van der Waals surface area contributed by atoms with E-state index in [0.29, 0.717) is 5.56 Å². The summed E-state index contributed by atoms with van der Waals surface area (Å²) in [7, 11) is 0. The fourth-order valence-electron chi connectivity index (χ4n) is 3.83. The van der Waals surface area contributed by atoms with Crippen molar-refractivity contribution in [2.75, 3.05) is 13.1 Å². The number of halogens is 1. The topological polar surface area (TPSA) is 20.3 Å². The molecule has 2 nitrogen and oxygen atoms in total. The second-order valence-corrected chi connectivity index (χ2v) is 6.12. The fraction of sp³-hybridized carbons (Fsp3) is 0.588. The number of rotatable bonds is 2. The monoisotopic (exact) mass is 275 g/mol. The summed E-state index contributed by atoms with van der Waals surface area (Å²) in [5, 5.41) is 0. The molecule has 3 heteroatoms. The summed E-state index contributed by atoms with van der Waals surface area (Å²) in [5.41, 5.74) is 0.0240. The molecule has 3 rings (SSSR count). The van der Waals surface area contributed by atoms with Crippen LogP contribution in [0.15, 0.2) is 24.3 Å². The van der Waals surface area contributed by atoms with Crippen molar-refractivity contribution in [3.8, 4) is 0 Å². The van der Waals surface area contributed by atoms with Crippen molar-refractivity contribution < 1.29 is 9.18 Å². The zero-order valence-corrected chi connectivity index (χ0v) is 11.9. The molecule has 0 bridgehead atoms. The van der Waals surface area contributed by atoms with Gasteiger partial charge in [-0.15, -0.1) is 0 Å². The molecule has 1 aromatic carbocycles. The summed E-state index contributed by atoms with van der Waals surface area (Å²) >= 11 is 0. The first-order valence-electron chi connectivity index (χ1n) is 7.78. The Hall–Kier alpha value is -1.38. The molecule has 108 valence electrons. The second kappa shape index (κ2) is 5.55. The van der Waals surface area contributed by atoms with Crippen LogP contribution in [0.4, 0.5) is 4.39 Å². The standard InChI is InChI=1S/C17H22FNO/c18-15-9-3-2-8-14(15)17(10-4-5-11-17)16(20)19-12-6-1-7-13-19/h2-3,8-9H,1,4-7,10-13H2. The summed E-state index contributed by atoms with van der Waals surface area (Å²) in [6, 6.07) is 6.84. The van der Waals surface area contributed by atoms with Gasteiger partial charge in [-0.1, -0.05) is 31.0 Å². The van der Waals surface area contributed by atoms with E-state index in [1.807, 2.05) is 17.0 Å². The molecule has 1 saturated heterocycles. The Bertz CT molecular complexity index is 488. The van der Waals surface area contributed by atoms with Crippen LogP contribution in [0.25, 0.3) is 0 Å². The van der Waals surface area contributed by atoms with E-state index < -0.39 is 5.41 Å². The predicted octanol–water partition coefficient (Wildman–Crippen LogP) is 3.65. The highest BCUT2D eigenvalue weighted by atomic mass is 19.1. The molecule has 0 unspecified atom stereocenters. The molecule has 1 aliphatic carbocycles. The molecule has 1 amide bonds. The maximum Gasteiger partial charge on any atom is 0.233 e. The normalized spacial score (nSPS) is 21.9. The molecule has 1 heterocycles. The van der Waals surface area contributed by atoms with E-state index in [0.717, 1.165) is 51.6 Å². The highest BCUT2D eigenvalue weighted by molar-refractivity contribution is 5.88. The molecular weight excluding hydrogens is 253 g/mol. The van der Waals surface area contributed by atoms with Gasteiger partial charge in [0.05, 0.1) is 5.41 Å². The third kappa shape index (κ3) is 2.23. The molecule has 0 atom stereocenters.